The molecule has 0 saturated carbocycles. The largest absolute Gasteiger partial charge is 0.433 e. The minimum atomic E-state index is -4.80. The number of benzene rings is 2. The molecule has 3 aliphatic heterocycles. The van der Waals surface area contributed by atoms with Crippen molar-refractivity contribution >= 4 is 23.5 Å². The number of halogens is 3. The lowest BCUT2D eigenvalue weighted by atomic mass is 9.78. The molecule has 51 heavy (non-hydrogen) atoms. The van der Waals surface area contributed by atoms with E-state index in [0.29, 0.717) is 40.8 Å². The van der Waals surface area contributed by atoms with E-state index in [2.05, 4.69) is 37.2 Å². The summed E-state index contributed by atoms with van der Waals surface area (Å²) in [5.74, 6) is -2.87. The Kier molecular flexibility index (Phi) is 8.93. The molecule has 3 amide bonds. The first-order valence-corrected chi connectivity index (χ1v) is 16.5. The molecule has 7 rings (SSSR count). The predicted octanol–water partition coefficient (Wildman–Crippen LogP) is 3.97. The number of hydrogen-bond donors (Lipinski definition) is 2. The first kappa shape index (κ1) is 34.1. The Morgan fingerprint density at radius 3 is 2.55 bits per heavy atom. The highest BCUT2D eigenvalue weighted by atomic mass is 19.4. The van der Waals surface area contributed by atoms with Gasteiger partial charge in [0.05, 0.1) is 25.1 Å². The van der Waals surface area contributed by atoms with Crippen molar-refractivity contribution in [1.29, 1.82) is 0 Å². The smallest absolute Gasteiger partial charge is 0.380 e. The van der Waals surface area contributed by atoms with Crippen LogP contribution in [0.5, 0.6) is 0 Å². The predicted molar refractivity (Wildman–Crippen MR) is 183 cm³/mol. The van der Waals surface area contributed by atoms with Crippen molar-refractivity contribution in [2.24, 2.45) is 5.41 Å². The van der Waals surface area contributed by atoms with Crippen molar-refractivity contribution < 1.29 is 35.1 Å². The SMILES string of the molecule is C=C(CN1CC2(COC2)C1)C(=O)NCc1cccc(C2c3cnn(-c4ccccc4)c3N(CC)C(=O)C2NC(=O)c2nccc(C(F)(F)F)n2)c1.[HH].[HH]. The number of likely N-dealkylation sites (tertiary alicyclic amines) is 1. The zero-order valence-electron chi connectivity index (χ0n) is 27.7. The molecule has 2 aromatic heterocycles. The van der Waals surface area contributed by atoms with Crippen molar-refractivity contribution in [2.75, 3.05) is 44.3 Å². The minimum Gasteiger partial charge on any atom is -0.380 e. The number of hydrogen-bond acceptors (Lipinski definition) is 8. The molecule has 0 radical (unpaired) electrons. The monoisotopic (exact) mass is 704 g/mol. The van der Waals surface area contributed by atoms with Crippen LogP contribution in [0.4, 0.5) is 19.0 Å². The van der Waals surface area contributed by atoms with Gasteiger partial charge in [-0.15, -0.1) is 0 Å². The molecule has 2 fully saturated rings. The van der Waals surface area contributed by atoms with Crippen LogP contribution in [0, 0.1) is 5.41 Å². The summed E-state index contributed by atoms with van der Waals surface area (Å²) in [4.78, 5) is 51.6. The number of rotatable bonds is 10. The molecule has 1 spiro atoms. The van der Waals surface area contributed by atoms with E-state index in [1.165, 1.54) is 4.90 Å². The van der Waals surface area contributed by atoms with Gasteiger partial charge in [0.15, 0.2) is 0 Å². The Labute approximate surface area is 294 Å². The molecule has 2 unspecified atom stereocenters. The third-order valence-electron chi connectivity index (χ3n) is 9.41. The van der Waals surface area contributed by atoms with Crippen LogP contribution < -0.4 is 15.5 Å². The van der Waals surface area contributed by atoms with Crippen LogP contribution in [0.1, 0.15) is 48.7 Å². The summed E-state index contributed by atoms with van der Waals surface area (Å²) in [6, 6.07) is 15.8. The second kappa shape index (κ2) is 13.4. The standard InChI is InChI=1S/C36H35F3N8O4.2H2/c1-3-46-33-26(16-42-47(33)25-10-5-4-6-11-25)28(29(34(46)50)44-32(49)30-40-13-12-27(43-30)36(37,38)39)24-9-7-8-23(14-24)15-41-31(48)22(2)17-45-18-35(19-45)20-51-21-35;;/h4-14,16,28-29H,2-3,15,17-21H2,1H3,(H,41,48)(H,44,49);2*1H. The average Bonchev–Trinajstić information content (AvgIpc) is 3.52. The summed E-state index contributed by atoms with van der Waals surface area (Å²) in [5, 5.41) is 10.2. The molecule has 4 aromatic rings. The summed E-state index contributed by atoms with van der Waals surface area (Å²) in [5.41, 5.74) is 2.02. The second-order valence-corrected chi connectivity index (χ2v) is 13.1. The van der Waals surface area contributed by atoms with Gasteiger partial charge in [0.2, 0.25) is 11.7 Å². The molecular weight excluding hydrogens is 665 g/mol. The third-order valence-corrected chi connectivity index (χ3v) is 9.41. The molecule has 268 valence electrons. The van der Waals surface area contributed by atoms with E-state index in [9.17, 15) is 27.6 Å². The van der Waals surface area contributed by atoms with E-state index in [1.54, 1.807) is 29.9 Å². The highest BCUT2D eigenvalue weighted by Gasteiger charge is 2.49. The number of para-hydroxylation sites is 1. The number of nitrogens with one attached hydrogen (secondary N) is 2. The van der Waals surface area contributed by atoms with E-state index in [0.717, 1.165) is 38.1 Å². The first-order valence-electron chi connectivity index (χ1n) is 16.5. The fourth-order valence-corrected chi connectivity index (χ4v) is 6.98. The number of alkyl halides is 3. The number of aromatic nitrogens is 4. The van der Waals surface area contributed by atoms with Gasteiger partial charge in [0, 0.05) is 64.2 Å². The van der Waals surface area contributed by atoms with Gasteiger partial charge in [-0.2, -0.15) is 18.3 Å². The van der Waals surface area contributed by atoms with Crippen molar-refractivity contribution in [1.82, 2.24) is 35.3 Å². The Morgan fingerprint density at radius 2 is 1.86 bits per heavy atom. The van der Waals surface area contributed by atoms with Crippen LogP contribution in [-0.2, 0) is 27.0 Å². The Hall–Kier alpha value is -5.41. The molecule has 12 nitrogen and oxygen atoms in total. The number of amides is 3. The van der Waals surface area contributed by atoms with Crippen LogP contribution in [0.2, 0.25) is 0 Å². The van der Waals surface area contributed by atoms with Crippen molar-refractivity contribution in [2.45, 2.75) is 31.6 Å². The average molecular weight is 705 g/mol. The lowest BCUT2D eigenvalue weighted by Crippen LogP contribution is -2.66. The van der Waals surface area contributed by atoms with Crippen LogP contribution >= 0.6 is 0 Å². The van der Waals surface area contributed by atoms with E-state index < -0.39 is 41.5 Å². The molecule has 0 bridgehead atoms. The Balaban J connectivity index is 0.00000271. The molecule has 2 N–H and O–H groups in total. The van der Waals surface area contributed by atoms with Crippen molar-refractivity contribution in [3.8, 4) is 5.69 Å². The molecule has 0 aliphatic carbocycles. The molecule has 2 aromatic carbocycles. The maximum atomic E-state index is 14.3. The van der Waals surface area contributed by atoms with Gasteiger partial charge in [-0.3, -0.25) is 24.2 Å². The first-order chi connectivity index (χ1) is 24.5. The van der Waals surface area contributed by atoms with Crippen LogP contribution in [0.15, 0.2) is 85.2 Å². The maximum absolute atomic E-state index is 14.3. The molecular formula is C36H39F3N8O4. The van der Waals surface area contributed by atoms with Gasteiger partial charge >= 0.3 is 6.18 Å². The van der Waals surface area contributed by atoms with Gasteiger partial charge in [0.25, 0.3) is 11.8 Å². The molecule has 2 saturated heterocycles. The topological polar surface area (TPSA) is 135 Å². The van der Waals surface area contributed by atoms with Crippen LogP contribution in [0.3, 0.4) is 0 Å². The number of likely N-dealkylation sites (N-methyl/N-ethyl adjacent to an activating group) is 1. The Bertz CT molecular complexity index is 2000. The van der Waals surface area contributed by atoms with Gasteiger partial charge in [-0.05, 0) is 36.2 Å². The van der Waals surface area contributed by atoms with E-state index >= 15 is 0 Å². The van der Waals surface area contributed by atoms with E-state index in [4.69, 9.17) is 4.74 Å². The van der Waals surface area contributed by atoms with Gasteiger partial charge in [-0.25, -0.2) is 14.6 Å². The van der Waals surface area contributed by atoms with E-state index in [-0.39, 0.29) is 27.3 Å². The Morgan fingerprint density at radius 1 is 1.10 bits per heavy atom. The number of fused-ring (bicyclic) bond motifs is 1. The molecule has 5 heterocycles. The summed E-state index contributed by atoms with van der Waals surface area (Å²) in [6.07, 6.45) is -2.33. The summed E-state index contributed by atoms with van der Waals surface area (Å²) in [7, 11) is 0. The van der Waals surface area contributed by atoms with Crippen LogP contribution in [0.25, 0.3) is 5.69 Å². The molecule has 3 aliphatic rings. The number of anilines is 1. The van der Waals surface area contributed by atoms with E-state index in [1.807, 2.05) is 42.5 Å². The zero-order valence-corrected chi connectivity index (χ0v) is 27.7. The number of ether oxygens (including phenoxy) is 1. The molecule has 15 heteroatoms. The number of carbonyl (C=O) groups is 3. The normalized spacial score (nSPS) is 19.5. The quantitative estimate of drug-likeness (QED) is 0.237. The van der Waals surface area contributed by atoms with Crippen LogP contribution in [-0.4, -0.2) is 87.8 Å². The van der Waals surface area contributed by atoms with Gasteiger partial charge in [0.1, 0.15) is 17.6 Å². The van der Waals surface area contributed by atoms with Gasteiger partial charge in [-0.1, -0.05) is 49.0 Å². The number of nitrogens with zero attached hydrogens (tertiary/aromatic N) is 6. The summed E-state index contributed by atoms with van der Waals surface area (Å²) in [6.45, 7) is 9.83. The lowest BCUT2D eigenvalue weighted by Gasteiger charge is -2.55. The zero-order chi connectivity index (χ0) is 35.9. The van der Waals surface area contributed by atoms with Crippen molar-refractivity contribution in [3.05, 3.63) is 113 Å². The van der Waals surface area contributed by atoms with Crippen molar-refractivity contribution in [3.63, 3.8) is 0 Å². The summed E-state index contributed by atoms with van der Waals surface area (Å²) >= 11 is 0. The minimum absolute atomic E-state index is 0. The number of carbonyl (C=O) groups excluding carboxylic acids is 3. The highest BCUT2D eigenvalue weighted by Crippen LogP contribution is 2.42. The third kappa shape index (κ3) is 6.61. The maximum Gasteiger partial charge on any atom is 0.433 e. The fourth-order valence-electron chi connectivity index (χ4n) is 6.98. The summed E-state index contributed by atoms with van der Waals surface area (Å²) < 4.78 is 47.2. The van der Waals surface area contributed by atoms with Gasteiger partial charge < -0.3 is 15.4 Å². The molecule has 2 atom stereocenters. The second-order valence-electron chi connectivity index (χ2n) is 13.1. The highest BCUT2D eigenvalue weighted by molar-refractivity contribution is 6.04. The fraction of sp³-hybridized carbons (Fsp3) is 0.333. The lowest BCUT2D eigenvalue weighted by molar-refractivity contribution is -0.186.